The van der Waals surface area contributed by atoms with Crippen LogP contribution in [0.5, 0.6) is 0 Å². The van der Waals surface area contributed by atoms with Crippen LogP contribution in [0.4, 0.5) is 0 Å². The molecule has 6 heterocycles. The van der Waals surface area contributed by atoms with E-state index in [4.69, 9.17) is 19.9 Å². The van der Waals surface area contributed by atoms with E-state index in [1.807, 2.05) is 0 Å². The molecule has 8 nitrogen and oxygen atoms in total. The number of nitrogens with zero attached hydrogens (tertiary/aromatic N) is 8. The highest BCUT2D eigenvalue weighted by atomic mass is 15.2. The Morgan fingerprint density at radius 3 is 0.742 bits per heavy atom. The van der Waals surface area contributed by atoms with E-state index in [1.165, 1.54) is 109 Å². The van der Waals surface area contributed by atoms with Gasteiger partial charge < -0.3 is 9.13 Å². The molecule has 0 spiro atoms. The van der Waals surface area contributed by atoms with Gasteiger partial charge in [0.1, 0.15) is 0 Å². The van der Waals surface area contributed by atoms with Crippen molar-refractivity contribution in [2.45, 2.75) is 0 Å². The number of fused-ring (bicyclic) bond motifs is 20. The Balaban J connectivity index is 0.000000136. The molecule has 0 bridgehead atoms. The van der Waals surface area contributed by atoms with Gasteiger partial charge in [0.05, 0.1) is 66.9 Å². The van der Waals surface area contributed by atoms with Crippen LogP contribution in [0.2, 0.25) is 0 Å². The normalized spacial score (nSPS) is 11.9. The van der Waals surface area contributed by atoms with Gasteiger partial charge in [-0.25, -0.2) is 19.9 Å². The molecule has 0 aliphatic carbocycles. The molecule has 27 rings (SSSR count). The van der Waals surface area contributed by atoms with Crippen molar-refractivity contribution in [2.24, 2.45) is 0 Å². The van der Waals surface area contributed by atoms with E-state index in [0.717, 1.165) is 133 Å². The average Bonchev–Trinajstić information content (AvgIpc) is 1.54. The first-order valence-electron chi connectivity index (χ1n) is 43.7. The monoisotopic (exact) mass is 1630 g/mol. The predicted molar refractivity (Wildman–Crippen MR) is 537 cm³/mol. The Kier molecular flexibility index (Phi) is 16.6. The van der Waals surface area contributed by atoms with Crippen LogP contribution in [-0.4, -0.2) is 38.2 Å². The molecule has 594 valence electrons. The first-order chi connectivity index (χ1) is 63.4. The minimum absolute atomic E-state index is 0.637. The van der Waals surface area contributed by atoms with Gasteiger partial charge in [-0.2, -0.15) is 0 Å². The van der Waals surface area contributed by atoms with Gasteiger partial charge in [-0.1, -0.05) is 340 Å². The molecule has 0 N–H and O–H groups in total. The molecule has 0 aliphatic rings. The van der Waals surface area contributed by atoms with Crippen LogP contribution >= 0.6 is 0 Å². The first kappa shape index (κ1) is 72.4. The molecule has 6 aromatic heterocycles. The average molecular weight is 1630 g/mol. The van der Waals surface area contributed by atoms with Crippen molar-refractivity contribution in [3.63, 3.8) is 0 Å². The van der Waals surface area contributed by atoms with Gasteiger partial charge in [-0.3, -0.25) is 9.13 Å². The van der Waals surface area contributed by atoms with E-state index in [-0.39, 0.29) is 0 Å². The summed E-state index contributed by atoms with van der Waals surface area (Å²) in [6.45, 7) is 0. The molecule has 0 fully saturated rings. The first-order valence-corrected chi connectivity index (χ1v) is 43.7. The predicted octanol–water partition coefficient (Wildman–Crippen LogP) is 31.4. The molecule has 0 radical (unpaired) electrons. The maximum atomic E-state index is 5.45. The Hall–Kier alpha value is -17.2. The third-order valence-corrected chi connectivity index (χ3v) is 26.4. The van der Waals surface area contributed by atoms with E-state index < -0.39 is 0 Å². The molecule has 0 atom stereocenters. The number of hydrogen-bond donors (Lipinski definition) is 0. The zero-order valence-electron chi connectivity index (χ0n) is 69.3. The lowest BCUT2D eigenvalue weighted by Gasteiger charge is -2.14. The summed E-state index contributed by atoms with van der Waals surface area (Å²) in [7, 11) is 0. The fourth-order valence-electron chi connectivity index (χ4n) is 20.5. The summed E-state index contributed by atoms with van der Waals surface area (Å²) in [6, 6.07) is 162. The second kappa shape index (κ2) is 29.2. The molecule has 0 saturated carbocycles. The molecule has 128 heavy (non-hydrogen) atoms. The Morgan fingerprint density at radius 2 is 0.375 bits per heavy atom. The number of rotatable bonds is 10. The highest BCUT2D eigenvalue weighted by molar-refractivity contribution is 6.17. The van der Waals surface area contributed by atoms with Crippen molar-refractivity contribution in [3.05, 3.63) is 449 Å². The van der Waals surface area contributed by atoms with Crippen molar-refractivity contribution in [1.29, 1.82) is 0 Å². The van der Waals surface area contributed by atoms with E-state index >= 15 is 0 Å². The highest BCUT2D eigenvalue weighted by Gasteiger charge is 2.25. The molecule has 0 amide bonds. The largest absolute Gasteiger partial charge is 0.309 e. The summed E-state index contributed by atoms with van der Waals surface area (Å²) < 4.78 is 9.31. The third kappa shape index (κ3) is 11.8. The number of hydrogen-bond acceptors (Lipinski definition) is 4. The van der Waals surface area contributed by atoms with Gasteiger partial charge in [0, 0.05) is 76.7 Å². The van der Waals surface area contributed by atoms with Crippen molar-refractivity contribution in [1.82, 2.24) is 38.2 Å². The van der Waals surface area contributed by atoms with E-state index in [2.05, 4.69) is 467 Å². The molecular weight excluding hydrogens is 1550 g/mol. The van der Waals surface area contributed by atoms with Gasteiger partial charge in [-0.05, 0) is 207 Å². The topological polar surface area (TPSA) is 71.3 Å². The zero-order valence-corrected chi connectivity index (χ0v) is 69.3. The molecule has 0 aliphatic heterocycles. The van der Waals surface area contributed by atoms with Gasteiger partial charge in [0.25, 0.3) is 0 Å². The fraction of sp³-hybridized carbons (Fsp3) is 0. The summed E-state index contributed by atoms with van der Waals surface area (Å²) in [5, 5.41) is 26.4. The summed E-state index contributed by atoms with van der Waals surface area (Å²) in [5.74, 6) is 1.28. The van der Waals surface area contributed by atoms with Gasteiger partial charge in [0.2, 0.25) is 11.9 Å². The fourth-order valence-corrected chi connectivity index (χ4v) is 20.5. The lowest BCUT2D eigenvalue weighted by molar-refractivity contribution is 0.996. The maximum Gasteiger partial charge on any atom is 0.235 e. The summed E-state index contributed by atoms with van der Waals surface area (Å²) in [5.41, 5.74) is 23.8. The second-order valence-electron chi connectivity index (χ2n) is 33.5. The molecule has 21 aromatic carbocycles. The van der Waals surface area contributed by atoms with E-state index in [0.29, 0.717) is 11.9 Å². The van der Waals surface area contributed by atoms with E-state index in [9.17, 15) is 0 Å². The van der Waals surface area contributed by atoms with Crippen LogP contribution in [0, 0.1) is 0 Å². The lowest BCUT2D eigenvalue weighted by atomic mass is 9.99. The second-order valence-corrected chi connectivity index (χ2v) is 33.5. The molecule has 27 aromatic rings. The van der Waals surface area contributed by atoms with Gasteiger partial charge in [0.15, 0.2) is 0 Å². The number of aromatic nitrogens is 8. The number of benzene rings is 21. The van der Waals surface area contributed by atoms with Gasteiger partial charge >= 0.3 is 0 Å². The quantitative estimate of drug-likeness (QED) is 0.128. The van der Waals surface area contributed by atoms with Crippen molar-refractivity contribution >= 4 is 163 Å². The minimum Gasteiger partial charge on any atom is -0.309 e. The lowest BCUT2D eigenvalue weighted by Crippen LogP contribution is -2.04. The van der Waals surface area contributed by atoms with Crippen molar-refractivity contribution < 1.29 is 0 Å². The standard InChI is InChI=1S/C62H38N4.C58H36N4/c1-5-19-47-39(13-1)16-11-23-50(47)56-38-57(51-24-12-17-40-14-2-6-20-48(40)51)64-62(63-56)66-59-26-10-8-22-53(59)55-37-43(30-34-61(55)66)42-29-33-60-54(36-42)52-21-7-9-25-58(52)65(60)45-31-32-49-44(35-45)28-27-41-15-3-4-18-46(41)49;1-2-16-40-33-43(30-27-37(40)13-1)61-54-25-9-7-21-48(54)50-34-41(28-31-56(50)61)42-29-32-57-51(35-42)49-22-8-10-26-55(49)62(57)58-59-52(46-23-11-17-38-14-3-5-19-44(38)46)36-53(60-58)47-24-12-18-39-15-4-6-20-45(39)47/h1-38H;1-36H. The van der Waals surface area contributed by atoms with Crippen LogP contribution in [0.25, 0.3) is 253 Å². The molecule has 8 heteroatoms. The van der Waals surface area contributed by atoms with Crippen LogP contribution < -0.4 is 0 Å². The summed E-state index contributed by atoms with van der Waals surface area (Å²) in [6.07, 6.45) is 0. The third-order valence-electron chi connectivity index (χ3n) is 26.4. The molecular formula is C120H74N8. The molecule has 0 saturated heterocycles. The summed E-state index contributed by atoms with van der Waals surface area (Å²) in [4.78, 5) is 21.8. The molecule has 0 unspecified atom stereocenters. The number of para-hydroxylation sites is 4. The van der Waals surface area contributed by atoms with Crippen molar-refractivity contribution in [3.8, 4) is 90.6 Å². The Labute approximate surface area is 735 Å². The SMILES string of the molecule is c1ccc2c(-c3cc(-c4cccc5ccccc45)nc(-n4c5ccccc5c5cc(-c6ccc7c(c6)c6ccccc6n7-c6ccc7c(ccc8ccccc87)c6)ccc54)n3)cccc2c1.c1ccc2cc(-n3c4ccccc4c4cc(-c5ccc6c(c5)c5ccccc5n6-c5nc(-c6cccc7ccccc67)cc(-c6cccc7ccccc67)n5)ccc43)ccc2c1. The van der Waals surface area contributed by atoms with Crippen LogP contribution in [0.1, 0.15) is 0 Å². The Morgan fingerprint density at radius 1 is 0.133 bits per heavy atom. The van der Waals surface area contributed by atoms with Crippen molar-refractivity contribution in [2.75, 3.05) is 0 Å². The maximum absolute atomic E-state index is 5.45. The summed E-state index contributed by atoms with van der Waals surface area (Å²) >= 11 is 0. The zero-order chi connectivity index (χ0) is 84.0. The van der Waals surface area contributed by atoms with Crippen LogP contribution in [0.3, 0.4) is 0 Å². The van der Waals surface area contributed by atoms with Gasteiger partial charge in [-0.15, -0.1) is 0 Å². The smallest absolute Gasteiger partial charge is 0.235 e. The van der Waals surface area contributed by atoms with E-state index in [1.54, 1.807) is 0 Å². The highest BCUT2D eigenvalue weighted by Crippen LogP contribution is 2.45. The Bertz CT molecular complexity index is 9110. The minimum atomic E-state index is 0.637. The van der Waals surface area contributed by atoms with Crippen LogP contribution in [-0.2, 0) is 0 Å². The van der Waals surface area contributed by atoms with Crippen LogP contribution in [0.15, 0.2) is 449 Å².